The fraction of sp³-hybridized carbons (Fsp3) is 0.290. The van der Waals surface area contributed by atoms with E-state index >= 15 is 0 Å². The van der Waals surface area contributed by atoms with E-state index in [1.165, 1.54) is 9.87 Å². The van der Waals surface area contributed by atoms with Gasteiger partial charge >= 0.3 is 0 Å². The Labute approximate surface area is 244 Å². The molecule has 0 aliphatic carbocycles. The van der Waals surface area contributed by atoms with Gasteiger partial charge < -0.3 is 15.0 Å². The van der Waals surface area contributed by atoms with Crippen LogP contribution < -0.4 is 15.0 Å². The van der Waals surface area contributed by atoms with Gasteiger partial charge in [0.1, 0.15) is 9.96 Å². The van der Waals surface area contributed by atoms with Crippen LogP contribution in [0, 0.1) is 0 Å². The number of nitrogens with one attached hydrogen (secondary N) is 1. The first-order valence-electron chi connectivity index (χ1n) is 13.7. The van der Waals surface area contributed by atoms with Crippen LogP contribution in [0.2, 0.25) is 0 Å². The molecule has 1 aliphatic rings. The van der Waals surface area contributed by atoms with Crippen LogP contribution in [0.15, 0.2) is 76.3 Å². The quantitative estimate of drug-likeness (QED) is 0.208. The van der Waals surface area contributed by atoms with Gasteiger partial charge in [0.2, 0.25) is 5.91 Å². The molecule has 1 aliphatic heterocycles. The van der Waals surface area contributed by atoms with Crippen molar-refractivity contribution in [1.29, 1.82) is 0 Å². The van der Waals surface area contributed by atoms with Crippen LogP contribution in [0.25, 0.3) is 10.8 Å². The van der Waals surface area contributed by atoms with Crippen molar-refractivity contribution < 1.29 is 22.7 Å². The first-order valence-corrected chi connectivity index (χ1v) is 16.0. The molecule has 214 valence electrons. The summed E-state index contributed by atoms with van der Waals surface area (Å²) in [5.74, 6) is 0.325. The molecule has 0 bridgehead atoms. The van der Waals surface area contributed by atoms with Crippen molar-refractivity contribution in [1.82, 2.24) is 4.31 Å². The predicted octanol–water partition coefficient (Wildman–Crippen LogP) is 5.93. The number of carbonyl (C=O) groups is 2. The number of anilines is 2. The zero-order chi connectivity index (χ0) is 29.0. The number of hydrogen-bond acceptors (Lipinski definition) is 6. The van der Waals surface area contributed by atoms with Crippen LogP contribution in [-0.2, 0) is 21.2 Å². The maximum atomic E-state index is 13.4. The summed E-state index contributed by atoms with van der Waals surface area (Å²) in [4.78, 5) is 28.3. The lowest BCUT2D eigenvalue weighted by molar-refractivity contribution is -0.116. The molecule has 5 rings (SSSR count). The Morgan fingerprint density at radius 2 is 1.83 bits per heavy atom. The number of nitrogens with zero attached hydrogens (tertiary/aromatic N) is 2. The number of rotatable bonds is 13. The summed E-state index contributed by atoms with van der Waals surface area (Å²) in [6, 6.07) is 20.3. The summed E-state index contributed by atoms with van der Waals surface area (Å²) in [7, 11) is -2.14. The number of carbonyl (C=O) groups excluding carboxylic acids is 2. The van der Waals surface area contributed by atoms with E-state index in [9.17, 15) is 18.0 Å². The van der Waals surface area contributed by atoms with Crippen LogP contribution in [0.4, 0.5) is 11.4 Å². The molecule has 3 aromatic carbocycles. The van der Waals surface area contributed by atoms with Crippen molar-refractivity contribution in [2.24, 2.45) is 0 Å². The van der Waals surface area contributed by atoms with E-state index in [2.05, 4.69) is 5.32 Å². The van der Waals surface area contributed by atoms with Gasteiger partial charge in [-0.15, -0.1) is 11.3 Å². The SMILES string of the molecule is CCCCN(CC(=O)Nc1ccc2c3c(cccc13)C(=O)N2CCCc1ccc(OC)cc1)S(=O)(=O)c1cccs1. The van der Waals surface area contributed by atoms with Gasteiger partial charge in [0.25, 0.3) is 15.9 Å². The Kier molecular flexibility index (Phi) is 8.72. The van der Waals surface area contributed by atoms with Gasteiger partial charge in [-0.05, 0) is 66.6 Å². The molecule has 0 saturated carbocycles. The van der Waals surface area contributed by atoms with Crippen LogP contribution in [0.5, 0.6) is 5.75 Å². The van der Waals surface area contributed by atoms with Crippen molar-refractivity contribution >= 4 is 55.3 Å². The lowest BCUT2D eigenvalue weighted by atomic mass is 10.0. The van der Waals surface area contributed by atoms with Gasteiger partial charge in [-0.1, -0.05) is 43.7 Å². The second-order valence-corrected chi connectivity index (χ2v) is 13.1. The number of hydrogen-bond donors (Lipinski definition) is 1. The third-order valence-electron chi connectivity index (χ3n) is 7.24. The molecule has 0 radical (unpaired) electrons. The fourth-order valence-electron chi connectivity index (χ4n) is 5.12. The molecule has 0 unspecified atom stereocenters. The molecular formula is C31H33N3O5S2. The first-order chi connectivity index (χ1) is 19.8. The number of benzene rings is 3. The lowest BCUT2D eigenvalue weighted by Gasteiger charge is -2.21. The molecule has 0 fully saturated rings. The molecule has 2 amide bonds. The maximum absolute atomic E-state index is 13.4. The van der Waals surface area contributed by atoms with E-state index in [-0.39, 0.29) is 23.2 Å². The molecule has 1 N–H and O–H groups in total. The average Bonchev–Trinajstić information content (AvgIpc) is 3.62. The molecule has 0 atom stereocenters. The monoisotopic (exact) mass is 591 g/mol. The molecule has 0 spiro atoms. The Morgan fingerprint density at radius 3 is 2.54 bits per heavy atom. The first kappa shape index (κ1) is 28.8. The Balaban J connectivity index is 1.32. The summed E-state index contributed by atoms with van der Waals surface area (Å²) in [6.45, 7) is 2.51. The zero-order valence-corrected chi connectivity index (χ0v) is 24.8. The van der Waals surface area contributed by atoms with Crippen molar-refractivity contribution in [3.8, 4) is 5.75 Å². The number of methoxy groups -OCH3 is 1. The molecule has 10 heteroatoms. The summed E-state index contributed by atoms with van der Waals surface area (Å²) < 4.78 is 33.1. The van der Waals surface area contributed by atoms with Gasteiger partial charge in [-0.25, -0.2) is 8.42 Å². The number of aryl methyl sites for hydroxylation is 1. The number of sulfonamides is 1. The molecule has 0 saturated heterocycles. The minimum absolute atomic E-state index is 0.0587. The number of ether oxygens (including phenoxy) is 1. The third-order valence-corrected chi connectivity index (χ3v) is 10.5. The van der Waals surface area contributed by atoms with E-state index in [0.717, 1.165) is 52.8 Å². The molecule has 8 nitrogen and oxygen atoms in total. The Bertz CT molecular complexity index is 1650. The van der Waals surface area contributed by atoms with Crippen LogP contribution in [0.1, 0.15) is 42.1 Å². The van der Waals surface area contributed by atoms with Gasteiger partial charge in [-0.3, -0.25) is 9.59 Å². The minimum atomic E-state index is -3.78. The minimum Gasteiger partial charge on any atom is -0.497 e. The standard InChI is InChI=1S/C31H33N3O5S2/c1-3-4-18-33(41(37,38)29-11-7-20-40-29)21-28(35)32-26-16-17-27-30-24(26)9-5-10-25(30)31(36)34(27)19-6-8-22-12-14-23(39-2)15-13-22/h5,7,9-17,20H,3-4,6,8,18-19,21H2,1-2H3,(H,32,35). The van der Waals surface area contributed by atoms with Crippen molar-refractivity contribution in [2.75, 3.05) is 37.0 Å². The Hall–Kier alpha value is -3.73. The highest BCUT2D eigenvalue weighted by Gasteiger charge is 2.31. The highest BCUT2D eigenvalue weighted by molar-refractivity contribution is 7.91. The molecule has 4 aromatic rings. The van der Waals surface area contributed by atoms with Crippen LogP contribution >= 0.6 is 11.3 Å². The van der Waals surface area contributed by atoms with Crippen molar-refractivity contribution in [2.45, 2.75) is 36.8 Å². The van der Waals surface area contributed by atoms with Gasteiger partial charge in [0.05, 0.1) is 19.3 Å². The average molecular weight is 592 g/mol. The highest BCUT2D eigenvalue weighted by atomic mass is 32.2. The summed E-state index contributed by atoms with van der Waals surface area (Å²) >= 11 is 1.14. The molecule has 41 heavy (non-hydrogen) atoms. The normalized spacial score (nSPS) is 12.9. The number of thiophene rings is 1. The molecule has 2 heterocycles. The number of amides is 2. The van der Waals surface area contributed by atoms with Crippen molar-refractivity contribution in [3.05, 3.63) is 83.2 Å². The van der Waals surface area contributed by atoms with Gasteiger partial charge in [0, 0.05) is 35.1 Å². The third kappa shape index (κ3) is 6.00. The van der Waals surface area contributed by atoms with E-state index in [0.29, 0.717) is 24.2 Å². The summed E-state index contributed by atoms with van der Waals surface area (Å²) in [5.41, 5.74) is 3.14. The van der Waals surface area contributed by atoms with E-state index in [1.807, 2.05) is 55.5 Å². The second kappa shape index (κ2) is 12.4. The number of unbranched alkanes of at least 4 members (excludes halogenated alkanes) is 1. The summed E-state index contributed by atoms with van der Waals surface area (Å²) in [5, 5.41) is 6.17. The highest BCUT2D eigenvalue weighted by Crippen LogP contribution is 2.40. The Morgan fingerprint density at radius 1 is 1.02 bits per heavy atom. The van der Waals surface area contributed by atoms with Crippen LogP contribution in [0.3, 0.4) is 0 Å². The van der Waals surface area contributed by atoms with E-state index in [4.69, 9.17) is 4.74 Å². The fourth-order valence-corrected chi connectivity index (χ4v) is 7.70. The topological polar surface area (TPSA) is 96.0 Å². The smallest absolute Gasteiger partial charge is 0.258 e. The maximum Gasteiger partial charge on any atom is 0.258 e. The molecular weight excluding hydrogens is 558 g/mol. The van der Waals surface area contributed by atoms with E-state index < -0.39 is 15.9 Å². The van der Waals surface area contributed by atoms with Gasteiger partial charge in [-0.2, -0.15) is 4.31 Å². The molecule has 1 aromatic heterocycles. The van der Waals surface area contributed by atoms with Gasteiger partial charge in [0.15, 0.2) is 0 Å². The summed E-state index contributed by atoms with van der Waals surface area (Å²) in [6.07, 6.45) is 3.07. The zero-order valence-electron chi connectivity index (χ0n) is 23.1. The second-order valence-electron chi connectivity index (χ2n) is 9.94. The largest absolute Gasteiger partial charge is 0.497 e. The lowest BCUT2D eigenvalue weighted by Crippen LogP contribution is -2.38. The van der Waals surface area contributed by atoms with Crippen molar-refractivity contribution in [3.63, 3.8) is 0 Å². The van der Waals surface area contributed by atoms with E-state index in [1.54, 1.807) is 35.6 Å². The predicted molar refractivity (Wildman–Crippen MR) is 164 cm³/mol. The van der Waals surface area contributed by atoms with Crippen LogP contribution in [-0.4, -0.2) is 51.3 Å².